The number of amides is 1. The van der Waals surface area contributed by atoms with Crippen molar-refractivity contribution in [3.63, 3.8) is 0 Å². The Balaban J connectivity index is 2.66. The molecule has 0 saturated heterocycles. The van der Waals surface area contributed by atoms with E-state index in [0.29, 0.717) is 5.69 Å². The summed E-state index contributed by atoms with van der Waals surface area (Å²) in [5.41, 5.74) is 1.66. The standard InChI is InChI=1S/C13H15BrClN5O/c1-9-4-3-5-10(14)12(9)19-11(21)6-7-17-13(15)18-8-20(2)16/h3-8H,16H2,1-2H3,(H,19,21)/b7-6+,17-13+,18-8+. The topological polar surface area (TPSA) is 83.1 Å². The van der Waals surface area contributed by atoms with E-state index in [9.17, 15) is 4.79 Å². The summed E-state index contributed by atoms with van der Waals surface area (Å²) in [5, 5.41) is 3.94. The maximum absolute atomic E-state index is 11.8. The number of nitrogens with zero attached hydrogens (tertiary/aromatic N) is 3. The number of halogens is 2. The van der Waals surface area contributed by atoms with Gasteiger partial charge in [-0.25, -0.2) is 15.8 Å². The number of anilines is 1. The Kier molecular flexibility index (Phi) is 7.07. The van der Waals surface area contributed by atoms with Gasteiger partial charge < -0.3 is 10.3 Å². The highest BCUT2D eigenvalue weighted by Gasteiger charge is 2.05. The summed E-state index contributed by atoms with van der Waals surface area (Å²) < 4.78 is 0.807. The molecule has 0 spiro atoms. The molecule has 1 rings (SSSR count). The van der Waals surface area contributed by atoms with Crippen molar-refractivity contribution in [2.24, 2.45) is 15.8 Å². The Morgan fingerprint density at radius 3 is 2.86 bits per heavy atom. The average molecular weight is 373 g/mol. The zero-order chi connectivity index (χ0) is 15.8. The van der Waals surface area contributed by atoms with Crippen molar-refractivity contribution in [2.45, 2.75) is 6.92 Å². The first-order chi connectivity index (χ1) is 9.90. The van der Waals surface area contributed by atoms with E-state index in [1.807, 2.05) is 25.1 Å². The third kappa shape index (κ3) is 6.52. The molecular formula is C13H15BrClN5O. The molecule has 0 heterocycles. The smallest absolute Gasteiger partial charge is 0.249 e. The van der Waals surface area contributed by atoms with Crippen LogP contribution in [-0.2, 0) is 4.79 Å². The summed E-state index contributed by atoms with van der Waals surface area (Å²) in [6.07, 6.45) is 3.81. The zero-order valence-corrected chi connectivity index (χ0v) is 13.9. The molecule has 112 valence electrons. The first kappa shape index (κ1) is 17.4. The number of aliphatic imine (C=N–C) groups is 2. The van der Waals surface area contributed by atoms with Crippen molar-refractivity contribution in [3.8, 4) is 0 Å². The average Bonchev–Trinajstić information content (AvgIpc) is 2.41. The Labute approximate surface area is 136 Å². The summed E-state index contributed by atoms with van der Waals surface area (Å²) >= 11 is 9.08. The number of hydrazine groups is 1. The number of rotatable bonds is 4. The lowest BCUT2D eigenvalue weighted by Gasteiger charge is -2.08. The minimum absolute atomic E-state index is 0.0339. The predicted octanol–water partition coefficient (Wildman–Crippen LogP) is 2.64. The minimum Gasteiger partial charge on any atom is -0.321 e. The number of para-hydroxylation sites is 1. The maximum Gasteiger partial charge on any atom is 0.249 e. The Morgan fingerprint density at radius 2 is 2.24 bits per heavy atom. The second-order valence-electron chi connectivity index (χ2n) is 4.04. The number of aryl methyl sites for hydroxylation is 1. The van der Waals surface area contributed by atoms with E-state index in [4.69, 9.17) is 17.4 Å². The molecule has 8 heteroatoms. The van der Waals surface area contributed by atoms with Crippen LogP contribution in [0.5, 0.6) is 0 Å². The van der Waals surface area contributed by atoms with Gasteiger partial charge in [-0.05, 0) is 46.1 Å². The van der Waals surface area contributed by atoms with Gasteiger partial charge in [0.2, 0.25) is 11.2 Å². The van der Waals surface area contributed by atoms with Gasteiger partial charge >= 0.3 is 0 Å². The number of carbonyl (C=O) groups excluding carboxylic acids is 1. The molecule has 0 aliphatic carbocycles. The Bertz CT molecular complexity index is 578. The fourth-order valence-corrected chi connectivity index (χ4v) is 1.96. The molecule has 0 fully saturated rings. The normalized spacial score (nSPS) is 12.1. The molecule has 0 atom stereocenters. The first-order valence-electron chi connectivity index (χ1n) is 5.88. The van der Waals surface area contributed by atoms with Crippen LogP contribution in [0.2, 0.25) is 0 Å². The highest BCUT2D eigenvalue weighted by molar-refractivity contribution is 9.10. The van der Waals surface area contributed by atoms with Crippen LogP contribution in [0.4, 0.5) is 5.69 Å². The lowest BCUT2D eigenvalue weighted by atomic mass is 10.2. The largest absolute Gasteiger partial charge is 0.321 e. The van der Waals surface area contributed by atoms with Crippen LogP contribution >= 0.6 is 27.5 Å². The first-order valence-corrected chi connectivity index (χ1v) is 7.05. The van der Waals surface area contributed by atoms with Gasteiger partial charge in [0, 0.05) is 23.8 Å². The van der Waals surface area contributed by atoms with E-state index in [1.165, 1.54) is 23.6 Å². The van der Waals surface area contributed by atoms with Gasteiger partial charge in [0.25, 0.3) is 0 Å². The van der Waals surface area contributed by atoms with Gasteiger partial charge in [-0.15, -0.1) is 0 Å². The van der Waals surface area contributed by atoms with Crippen molar-refractivity contribution < 1.29 is 4.79 Å². The zero-order valence-electron chi connectivity index (χ0n) is 11.5. The number of amidine groups is 1. The summed E-state index contributed by atoms with van der Waals surface area (Å²) in [7, 11) is 1.59. The van der Waals surface area contributed by atoms with E-state index < -0.39 is 0 Å². The van der Waals surface area contributed by atoms with Crippen LogP contribution in [0.1, 0.15) is 5.56 Å². The molecule has 1 aromatic rings. The third-order valence-electron chi connectivity index (χ3n) is 2.22. The molecular weight excluding hydrogens is 358 g/mol. The molecule has 0 radical (unpaired) electrons. The monoisotopic (exact) mass is 371 g/mol. The van der Waals surface area contributed by atoms with Crippen molar-refractivity contribution >= 4 is 50.8 Å². The fraction of sp³-hybridized carbons (Fsp3) is 0.154. The fourth-order valence-electron chi connectivity index (χ4n) is 1.29. The van der Waals surface area contributed by atoms with Crippen molar-refractivity contribution in [2.75, 3.05) is 12.4 Å². The molecule has 0 aliphatic rings. The second kappa shape index (κ2) is 8.56. The molecule has 0 saturated carbocycles. The van der Waals surface area contributed by atoms with E-state index in [2.05, 4.69) is 31.2 Å². The van der Waals surface area contributed by atoms with Crippen molar-refractivity contribution in [3.05, 3.63) is 40.5 Å². The van der Waals surface area contributed by atoms with E-state index in [0.717, 1.165) is 10.0 Å². The van der Waals surface area contributed by atoms with Crippen LogP contribution in [0.15, 0.2) is 44.9 Å². The second-order valence-corrected chi connectivity index (χ2v) is 5.24. The molecule has 1 aromatic carbocycles. The molecule has 3 N–H and O–H groups in total. The van der Waals surface area contributed by atoms with Gasteiger partial charge in [0.1, 0.15) is 6.34 Å². The van der Waals surface area contributed by atoms with Crippen LogP contribution in [0, 0.1) is 6.92 Å². The molecule has 0 aliphatic heterocycles. The summed E-state index contributed by atoms with van der Waals surface area (Å²) in [6.45, 7) is 1.90. The number of hydrogen-bond acceptors (Lipinski definition) is 3. The quantitative estimate of drug-likeness (QED) is 0.213. The number of nitrogens with one attached hydrogen (secondary N) is 1. The maximum atomic E-state index is 11.8. The van der Waals surface area contributed by atoms with Gasteiger partial charge in [-0.3, -0.25) is 4.79 Å². The van der Waals surface area contributed by atoms with Crippen molar-refractivity contribution in [1.29, 1.82) is 0 Å². The van der Waals surface area contributed by atoms with Gasteiger partial charge in [-0.2, -0.15) is 0 Å². The predicted molar refractivity (Wildman–Crippen MR) is 90.4 cm³/mol. The van der Waals surface area contributed by atoms with E-state index >= 15 is 0 Å². The Morgan fingerprint density at radius 1 is 1.52 bits per heavy atom. The van der Waals surface area contributed by atoms with Crippen LogP contribution in [0.3, 0.4) is 0 Å². The lowest BCUT2D eigenvalue weighted by molar-refractivity contribution is -0.111. The third-order valence-corrected chi connectivity index (χ3v) is 3.08. The van der Waals surface area contributed by atoms with Gasteiger partial charge in [0.15, 0.2) is 0 Å². The molecule has 0 aromatic heterocycles. The van der Waals surface area contributed by atoms with E-state index in [-0.39, 0.29) is 11.2 Å². The number of benzene rings is 1. The van der Waals surface area contributed by atoms with Crippen molar-refractivity contribution in [1.82, 2.24) is 5.01 Å². The van der Waals surface area contributed by atoms with E-state index in [1.54, 1.807) is 7.05 Å². The number of hydrogen-bond donors (Lipinski definition) is 2. The van der Waals surface area contributed by atoms with Gasteiger partial charge in [-0.1, -0.05) is 12.1 Å². The molecule has 1 amide bonds. The minimum atomic E-state index is -0.321. The lowest BCUT2D eigenvalue weighted by Crippen LogP contribution is -2.23. The van der Waals surface area contributed by atoms with Crippen LogP contribution < -0.4 is 11.2 Å². The molecule has 0 bridgehead atoms. The summed E-state index contributed by atoms with van der Waals surface area (Å²) in [5.74, 6) is 4.99. The highest BCUT2D eigenvalue weighted by atomic mass is 79.9. The molecule has 0 unspecified atom stereocenters. The molecule has 6 nitrogen and oxygen atoms in total. The summed E-state index contributed by atoms with van der Waals surface area (Å²) in [4.78, 5) is 19.3. The van der Waals surface area contributed by atoms with Gasteiger partial charge in [0.05, 0.1) is 5.69 Å². The van der Waals surface area contributed by atoms with Crippen LogP contribution in [0.25, 0.3) is 0 Å². The SMILES string of the molecule is Cc1cccc(Br)c1NC(=O)/C=C/N=C(Cl)/N=C/N(C)N. The number of carbonyl (C=O) groups is 1. The summed E-state index contributed by atoms with van der Waals surface area (Å²) in [6, 6.07) is 5.64. The molecule has 21 heavy (non-hydrogen) atoms. The van der Waals surface area contributed by atoms with Crippen LogP contribution in [-0.4, -0.2) is 29.6 Å². The highest BCUT2D eigenvalue weighted by Crippen LogP contribution is 2.25. The number of nitrogens with two attached hydrogens (primary N) is 1. The Hall–Kier alpha value is -1.70.